The number of halogens is 2. The molecule has 3 rings (SSSR count). The number of benzene rings is 2. The van der Waals surface area contributed by atoms with E-state index < -0.39 is 17.6 Å². The molecule has 1 heterocycles. The van der Waals surface area contributed by atoms with Gasteiger partial charge in [-0.1, -0.05) is 6.07 Å². The third kappa shape index (κ3) is 5.62. The van der Waals surface area contributed by atoms with Crippen LogP contribution < -0.4 is 20.3 Å². The molecule has 1 atom stereocenters. The van der Waals surface area contributed by atoms with Gasteiger partial charge in [0.05, 0.1) is 14.2 Å². The molecule has 31 heavy (non-hydrogen) atoms. The van der Waals surface area contributed by atoms with Crippen molar-refractivity contribution in [2.75, 3.05) is 38.8 Å². The number of carbonyl (C=O) groups excluding carboxylic acids is 2. The van der Waals surface area contributed by atoms with Gasteiger partial charge < -0.3 is 25.0 Å². The molecule has 2 N–H and O–H groups in total. The van der Waals surface area contributed by atoms with Gasteiger partial charge in [0, 0.05) is 37.9 Å². The SMILES string of the molecule is COC(=O)c1cc(CNC(=O)NCC2CCN(c3ccc(F)c(F)c3)C2)ccc1OC. The highest BCUT2D eigenvalue weighted by Crippen LogP contribution is 2.25. The van der Waals surface area contributed by atoms with Crippen LogP contribution in [0, 0.1) is 17.6 Å². The number of nitrogens with one attached hydrogen (secondary N) is 2. The molecule has 0 aliphatic carbocycles. The maximum absolute atomic E-state index is 13.4. The molecule has 7 nitrogen and oxygen atoms in total. The van der Waals surface area contributed by atoms with Crippen molar-refractivity contribution in [1.82, 2.24) is 10.6 Å². The van der Waals surface area contributed by atoms with Crippen LogP contribution in [0.5, 0.6) is 5.75 Å². The largest absolute Gasteiger partial charge is 0.496 e. The summed E-state index contributed by atoms with van der Waals surface area (Å²) in [5.41, 5.74) is 1.64. The highest BCUT2D eigenvalue weighted by molar-refractivity contribution is 5.92. The zero-order valence-corrected chi connectivity index (χ0v) is 17.4. The molecule has 0 saturated carbocycles. The summed E-state index contributed by atoms with van der Waals surface area (Å²) in [5, 5.41) is 5.58. The molecule has 0 spiro atoms. The minimum atomic E-state index is -0.868. The van der Waals surface area contributed by atoms with E-state index in [2.05, 4.69) is 10.6 Å². The Balaban J connectivity index is 1.46. The van der Waals surface area contributed by atoms with Crippen LogP contribution in [-0.2, 0) is 11.3 Å². The molecule has 0 aromatic heterocycles. The lowest BCUT2D eigenvalue weighted by atomic mass is 10.1. The van der Waals surface area contributed by atoms with Gasteiger partial charge in [0.15, 0.2) is 11.6 Å². The number of anilines is 1. The van der Waals surface area contributed by atoms with E-state index in [1.807, 2.05) is 4.90 Å². The van der Waals surface area contributed by atoms with Crippen LogP contribution in [-0.4, -0.2) is 45.9 Å². The molecule has 2 aromatic carbocycles. The van der Waals surface area contributed by atoms with E-state index in [1.54, 1.807) is 24.3 Å². The van der Waals surface area contributed by atoms with E-state index in [0.29, 0.717) is 31.1 Å². The molecule has 1 fully saturated rings. The second-order valence-electron chi connectivity index (χ2n) is 7.29. The zero-order valence-electron chi connectivity index (χ0n) is 17.4. The van der Waals surface area contributed by atoms with Crippen molar-refractivity contribution in [3.8, 4) is 5.75 Å². The Labute approximate surface area is 179 Å². The molecule has 1 aliphatic heterocycles. The van der Waals surface area contributed by atoms with Crippen molar-refractivity contribution in [3.05, 3.63) is 59.2 Å². The predicted molar refractivity (Wildman–Crippen MR) is 111 cm³/mol. The Morgan fingerprint density at radius 1 is 1.10 bits per heavy atom. The number of methoxy groups -OCH3 is 2. The fourth-order valence-corrected chi connectivity index (χ4v) is 3.53. The zero-order chi connectivity index (χ0) is 22.4. The van der Waals surface area contributed by atoms with Gasteiger partial charge in [-0.15, -0.1) is 0 Å². The van der Waals surface area contributed by atoms with E-state index in [1.165, 1.54) is 20.3 Å². The summed E-state index contributed by atoms with van der Waals surface area (Å²) >= 11 is 0. The number of esters is 1. The summed E-state index contributed by atoms with van der Waals surface area (Å²) in [4.78, 5) is 26.0. The number of carbonyl (C=O) groups is 2. The first-order valence-corrected chi connectivity index (χ1v) is 9.88. The highest BCUT2D eigenvalue weighted by Gasteiger charge is 2.24. The van der Waals surface area contributed by atoms with Crippen molar-refractivity contribution in [2.45, 2.75) is 13.0 Å². The van der Waals surface area contributed by atoms with Crippen molar-refractivity contribution < 1.29 is 27.8 Å². The minimum absolute atomic E-state index is 0.200. The van der Waals surface area contributed by atoms with Crippen molar-refractivity contribution in [2.24, 2.45) is 5.92 Å². The second kappa shape index (κ2) is 10.1. The smallest absolute Gasteiger partial charge is 0.341 e. The van der Waals surface area contributed by atoms with Crippen LogP contribution in [0.4, 0.5) is 19.3 Å². The van der Waals surface area contributed by atoms with Crippen molar-refractivity contribution in [3.63, 3.8) is 0 Å². The number of ether oxygens (including phenoxy) is 2. The van der Waals surface area contributed by atoms with Crippen molar-refractivity contribution >= 4 is 17.7 Å². The van der Waals surface area contributed by atoms with E-state index in [0.717, 1.165) is 18.1 Å². The van der Waals surface area contributed by atoms with Gasteiger partial charge in [0.2, 0.25) is 0 Å². The van der Waals surface area contributed by atoms with E-state index in [9.17, 15) is 18.4 Å². The van der Waals surface area contributed by atoms with Crippen LogP contribution in [0.1, 0.15) is 22.3 Å². The Morgan fingerprint density at radius 3 is 2.61 bits per heavy atom. The summed E-state index contributed by atoms with van der Waals surface area (Å²) < 4.78 is 36.4. The Bertz CT molecular complexity index is 954. The molecule has 2 aromatic rings. The average molecular weight is 433 g/mol. The summed E-state index contributed by atoms with van der Waals surface area (Å²) in [6.45, 7) is 2.04. The standard InChI is InChI=1S/C22H25F2N3O4/c1-30-20-6-3-14(9-17(20)21(28)31-2)11-25-22(29)26-12-15-7-8-27(13-15)16-4-5-18(23)19(24)10-16/h3-6,9-10,15H,7-8,11-13H2,1-2H3,(H2,25,26,29). The number of urea groups is 1. The van der Waals surface area contributed by atoms with Gasteiger partial charge in [-0.05, 0) is 42.2 Å². The van der Waals surface area contributed by atoms with E-state index in [4.69, 9.17) is 9.47 Å². The fraction of sp³-hybridized carbons (Fsp3) is 0.364. The third-order valence-corrected chi connectivity index (χ3v) is 5.23. The van der Waals surface area contributed by atoms with Gasteiger partial charge in [0.1, 0.15) is 11.3 Å². The molecule has 1 saturated heterocycles. The molecule has 2 amide bonds. The molecule has 9 heteroatoms. The third-order valence-electron chi connectivity index (χ3n) is 5.23. The maximum atomic E-state index is 13.4. The Kier molecular flexibility index (Phi) is 7.28. The number of amides is 2. The first kappa shape index (κ1) is 22.3. The normalized spacial score (nSPS) is 15.5. The molecule has 1 unspecified atom stereocenters. The summed E-state index contributed by atoms with van der Waals surface area (Å²) in [6.07, 6.45) is 0.834. The van der Waals surface area contributed by atoms with Crippen LogP contribution in [0.25, 0.3) is 0 Å². The van der Waals surface area contributed by atoms with Crippen LogP contribution in [0.3, 0.4) is 0 Å². The van der Waals surface area contributed by atoms with Crippen molar-refractivity contribution in [1.29, 1.82) is 0 Å². The summed E-state index contributed by atoms with van der Waals surface area (Å²) in [7, 11) is 2.75. The maximum Gasteiger partial charge on any atom is 0.341 e. The van der Waals surface area contributed by atoms with E-state index >= 15 is 0 Å². The monoisotopic (exact) mass is 433 g/mol. The number of nitrogens with zero attached hydrogens (tertiary/aromatic N) is 1. The fourth-order valence-electron chi connectivity index (χ4n) is 3.53. The lowest BCUT2D eigenvalue weighted by molar-refractivity contribution is 0.0597. The van der Waals surface area contributed by atoms with Gasteiger partial charge in [0.25, 0.3) is 0 Å². The number of hydrogen-bond donors (Lipinski definition) is 2. The second-order valence-corrected chi connectivity index (χ2v) is 7.29. The van der Waals surface area contributed by atoms with Crippen LogP contribution in [0.15, 0.2) is 36.4 Å². The average Bonchev–Trinajstić information content (AvgIpc) is 3.26. The summed E-state index contributed by atoms with van der Waals surface area (Å²) in [5.74, 6) is -1.66. The highest BCUT2D eigenvalue weighted by atomic mass is 19.2. The summed E-state index contributed by atoms with van der Waals surface area (Å²) in [6, 6.07) is 8.54. The lowest BCUT2D eigenvalue weighted by Crippen LogP contribution is -2.38. The molecule has 166 valence electrons. The first-order chi connectivity index (χ1) is 14.9. The first-order valence-electron chi connectivity index (χ1n) is 9.88. The molecule has 0 bridgehead atoms. The van der Waals surface area contributed by atoms with Gasteiger partial charge in [-0.2, -0.15) is 0 Å². The van der Waals surface area contributed by atoms with Gasteiger partial charge >= 0.3 is 12.0 Å². The van der Waals surface area contributed by atoms with Crippen LogP contribution >= 0.6 is 0 Å². The van der Waals surface area contributed by atoms with Gasteiger partial charge in [-0.3, -0.25) is 0 Å². The Hall–Kier alpha value is -3.36. The molecular weight excluding hydrogens is 408 g/mol. The molecular formula is C22H25F2N3O4. The van der Waals surface area contributed by atoms with Crippen LogP contribution in [0.2, 0.25) is 0 Å². The van der Waals surface area contributed by atoms with Gasteiger partial charge in [-0.25, -0.2) is 18.4 Å². The molecule has 0 radical (unpaired) electrons. The minimum Gasteiger partial charge on any atom is -0.496 e. The molecule has 1 aliphatic rings. The topological polar surface area (TPSA) is 79.9 Å². The predicted octanol–water partition coefficient (Wildman–Crippen LogP) is 3.09. The lowest BCUT2D eigenvalue weighted by Gasteiger charge is -2.19. The Morgan fingerprint density at radius 2 is 1.90 bits per heavy atom. The van der Waals surface area contributed by atoms with E-state index in [-0.39, 0.29) is 24.1 Å². The number of rotatable bonds is 7. The number of hydrogen-bond acceptors (Lipinski definition) is 5. The quantitative estimate of drug-likeness (QED) is 0.656.